The van der Waals surface area contributed by atoms with Gasteiger partial charge in [0, 0.05) is 6.42 Å². The molecule has 11 heteroatoms. The fraction of sp³-hybridized carbons (Fsp3) is 0.250. The number of carbonyl (C=O) groups is 3. The van der Waals surface area contributed by atoms with Gasteiger partial charge in [-0.1, -0.05) is 0 Å². The van der Waals surface area contributed by atoms with Crippen molar-refractivity contribution in [1.82, 2.24) is 4.72 Å². The Morgan fingerprint density at radius 3 is 2.26 bits per heavy atom. The van der Waals surface area contributed by atoms with Crippen molar-refractivity contribution in [1.29, 1.82) is 0 Å². The number of halogens is 1. The van der Waals surface area contributed by atoms with E-state index in [1.807, 2.05) is 0 Å². The predicted octanol–water partition coefficient (Wildman–Crippen LogP) is 0.120. The third-order valence-electron chi connectivity index (χ3n) is 2.72. The van der Waals surface area contributed by atoms with Gasteiger partial charge in [-0.25, -0.2) is 17.6 Å². The largest absolute Gasteiger partial charge is 0.481 e. The molecule has 0 aliphatic carbocycles. The van der Waals surface area contributed by atoms with Crippen molar-refractivity contribution in [3.63, 3.8) is 0 Å². The molecule has 23 heavy (non-hydrogen) atoms. The van der Waals surface area contributed by atoms with Crippen LogP contribution in [0.15, 0.2) is 23.1 Å². The molecule has 0 spiro atoms. The summed E-state index contributed by atoms with van der Waals surface area (Å²) in [5, 5.41) is 26.2. The molecule has 1 aromatic carbocycles. The molecule has 4 N–H and O–H groups in total. The van der Waals surface area contributed by atoms with E-state index in [4.69, 9.17) is 15.3 Å². The number of aliphatic carboxylic acids is 2. The van der Waals surface area contributed by atoms with Crippen LogP contribution in [0.2, 0.25) is 0 Å². The highest BCUT2D eigenvalue weighted by atomic mass is 32.2. The lowest BCUT2D eigenvalue weighted by Crippen LogP contribution is -2.41. The average Bonchev–Trinajstić information content (AvgIpc) is 2.42. The minimum Gasteiger partial charge on any atom is -0.481 e. The minimum absolute atomic E-state index is 0.517. The van der Waals surface area contributed by atoms with Crippen LogP contribution in [-0.2, 0) is 19.6 Å². The number of nitrogens with one attached hydrogen (secondary N) is 1. The van der Waals surface area contributed by atoms with E-state index < -0.39 is 63.1 Å². The van der Waals surface area contributed by atoms with Gasteiger partial charge in [0.15, 0.2) is 0 Å². The Labute approximate surface area is 129 Å². The summed E-state index contributed by atoms with van der Waals surface area (Å²) in [6, 6.07) is 0.191. The molecule has 0 heterocycles. The number of aromatic carboxylic acids is 1. The Bertz CT molecular complexity index is 745. The highest BCUT2D eigenvalue weighted by Crippen LogP contribution is 2.16. The normalized spacial score (nSPS) is 12.6. The molecule has 126 valence electrons. The van der Waals surface area contributed by atoms with E-state index in [0.717, 1.165) is 6.07 Å². The van der Waals surface area contributed by atoms with Gasteiger partial charge >= 0.3 is 17.9 Å². The molecular formula is C12H12FNO8S. The van der Waals surface area contributed by atoms with Gasteiger partial charge in [-0.3, -0.25) is 9.59 Å². The van der Waals surface area contributed by atoms with Gasteiger partial charge in [0.25, 0.3) is 0 Å². The molecular weight excluding hydrogens is 337 g/mol. The molecule has 0 saturated carbocycles. The fourth-order valence-corrected chi connectivity index (χ4v) is 2.84. The van der Waals surface area contributed by atoms with E-state index in [0.29, 0.717) is 12.1 Å². The first-order chi connectivity index (χ1) is 10.5. The van der Waals surface area contributed by atoms with Crippen molar-refractivity contribution in [2.45, 2.75) is 23.8 Å². The molecule has 0 bridgehead atoms. The quantitative estimate of drug-likeness (QED) is 0.515. The molecule has 0 aromatic heterocycles. The van der Waals surface area contributed by atoms with Crippen molar-refractivity contribution in [3.05, 3.63) is 29.6 Å². The number of hydrogen-bond acceptors (Lipinski definition) is 5. The molecule has 0 unspecified atom stereocenters. The molecule has 1 rings (SSSR count). The number of rotatable bonds is 8. The van der Waals surface area contributed by atoms with Crippen LogP contribution in [0.4, 0.5) is 4.39 Å². The van der Waals surface area contributed by atoms with Crippen LogP contribution in [0.5, 0.6) is 0 Å². The van der Waals surface area contributed by atoms with Crippen molar-refractivity contribution in [2.75, 3.05) is 0 Å². The Balaban J connectivity index is 3.10. The monoisotopic (exact) mass is 349 g/mol. The van der Waals surface area contributed by atoms with Gasteiger partial charge in [0.1, 0.15) is 11.9 Å². The number of hydrogen-bond donors (Lipinski definition) is 4. The van der Waals surface area contributed by atoms with Crippen LogP contribution in [0.3, 0.4) is 0 Å². The highest BCUT2D eigenvalue weighted by Gasteiger charge is 2.27. The highest BCUT2D eigenvalue weighted by molar-refractivity contribution is 7.89. The smallest absolute Gasteiger partial charge is 0.338 e. The van der Waals surface area contributed by atoms with Crippen LogP contribution in [-0.4, -0.2) is 47.7 Å². The maximum Gasteiger partial charge on any atom is 0.338 e. The Kier molecular flexibility index (Phi) is 5.76. The molecule has 0 saturated heterocycles. The zero-order chi connectivity index (χ0) is 17.8. The van der Waals surface area contributed by atoms with Gasteiger partial charge in [0.05, 0.1) is 10.5 Å². The zero-order valence-corrected chi connectivity index (χ0v) is 12.2. The topological polar surface area (TPSA) is 158 Å². The first kappa shape index (κ1) is 18.5. The number of carboxylic acids is 3. The molecule has 9 nitrogen and oxygen atoms in total. The fourth-order valence-electron chi connectivity index (χ4n) is 1.59. The van der Waals surface area contributed by atoms with Crippen LogP contribution in [0.25, 0.3) is 0 Å². The SMILES string of the molecule is O=C(O)CC[C@H](NS(=O)(=O)c1ccc(F)c(C(=O)O)c1)C(=O)O. The maximum absolute atomic E-state index is 13.3. The summed E-state index contributed by atoms with van der Waals surface area (Å²) >= 11 is 0. The molecule has 0 aliphatic heterocycles. The van der Waals surface area contributed by atoms with Gasteiger partial charge in [-0.05, 0) is 24.6 Å². The second-order valence-electron chi connectivity index (χ2n) is 4.39. The average molecular weight is 349 g/mol. The van der Waals surface area contributed by atoms with E-state index in [2.05, 4.69) is 0 Å². The summed E-state index contributed by atoms with van der Waals surface area (Å²) < 4.78 is 39.1. The number of carboxylic acid groups (broad SMARTS) is 3. The second-order valence-corrected chi connectivity index (χ2v) is 6.11. The van der Waals surface area contributed by atoms with Crippen molar-refractivity contribution < 1.29 is 42.5 Å². The summed E-state index contributed by atoms with van der Waals surface area (Å²) in [5.74, 6) is -5.77. The number of sulfonamides is 1. The van der Waals surface area contributed by atoms with E-state index >= 15 is 0 Å². The van der Waals surface area contributed by atoms with E-state index in [-0.39, 0.29) is 0 Å². The molecule has 1 aromatic rings. The summed E-state index contributed by atoms with van der Waals surface area (Å²) in [5.41, 5.74) is -0.898. The second kappa shape index (κ2) is 7.15. The van der Waals surface area contributed by atoms with Crippen LogP contribution < -0.4 is 4.72 Å². The summed E-state index contributed by atoms with van der Waals surface area (Å²) in [4.78, 5) is 31.6. The van der Waals surface area contributed by atoms with Crippen LogP contribution >= 0.6 is 0 Å². The van der Waals surface area contributed by atoms with E-state index in [1.165, 1.54) is 0 Å². The summed E-state index contributed by atoms with van der Waals surface area (Å²) in [6.07, 6.45) is -1.11. The zero-order valence-electron chi connectivity index (χ0n) is 11.4. The van der Waals surface area contributed by atoms with Gasteiger partial charge in [-0.15, -0.1) is 0 Å². The Hall–Kier alpha value is -2.53. The standard InChI is InChI=1S/C12H12FNO8S/c13-8-2-1-6(5-7(8)11(17)18)23(21,22)14-9(12(19)20)3-4-10(15)16/h1-2,5,9,14H,3-4H2,(H,15,16)(H,17,18)(H,19,20)/t9-/m0/s1. The lowest BCUT2D eigenvalue weighted by atomic mass is 10.2. The van der Waals surface area contributed by atoms with Gasteiger partial charge in [-0.2, -0.15) is 4.72 Å². The third-order valence-corrected chi connectivity index (χ3v) is 4.19. The van der Waals surface area contributed by atoms with Crippen molar-refractivity contribution in [3.8, 4) is 0 Å². The molecule has 0 aliphatic rings. The minimum atomic E-state index is -4.48. The van der Waals surface area contributed by atoms with Crippen LogP contribution in [0, 0.1) is 5.82 Å². The third kappa shape index (κ3) is 5.00. The lowest BCUT2D eigenvalue weighted by Gasteiger charge is -2.14. The van der Waals surface area contributed by atoms with Gasteiger partial charge in [0.2, 0.25) is 10.0 Å². The molecule has 1 atom stereocenters. The lowest BCUT2D eigenvalue weighted by molar-refractivity contribution is -0.140. The van der Waals surface area contributed by atoms with E-state index in [9.17, 15) is 27.2 Å². The van der Waals surface area contributed by atoms with Crippen molar-refractivity contribution in [2.24, 2.45) is 0 Å². The van der Waals surface area contributed by atoms with Gasteiger partial charge < -0.3 is 15.3 Å². The first-order valence-electron chi connectivity index (χ1n) is 6.04. The molecule has 0 amide bonds. The Morgan fingerprint density at radius 2 is 1.78 bits per heavy atom. The summed E-state index contributed by atoms with van der Waals surface area (Å²) in [6.45, 7) is 0. The predicted molar refractivity (Wildman–Crippen MR) is 72.0 cm³/mol. The summed E-state index contributed by atoms with van der Waals surface area (Å²) in [7, 11) is -4.48. The molecule has 0 fully saturated rings. The Morgan fingerprint density at radius 1 is 1.17 bits per heavy atom. The maximum atomic E-state index is 13.3. The molecule has 0 radical (unpaired) electrons. The number of benzene rings is 1. The van der Waals surface area contributed by atoms with Crippen molar-refractivity contribution >= 4 is 27.9 Å². The first-order valence-corrected chi connectivity index (χ1v) is 7.52. The van der Waals surface area contributed by atoms with E-state index in [1.54, 1.807) is 4.72 Å². The van der Waals surface area contributed by atoms with Crippen LogP contribution in [0.1, 0.15) is 23.2 Å².